The monoisotopic (exact) mass is 513 g/mol. The molecular formula is C27H34IN2-. The van der Waals surface area contributed by atoms with Crippen molar-refractivity contribution >= 4 is 3.72 Å². The molecule has 0 radical (unpaired) electrons. The van der Waals surface area contributed by atoms with Crippen molar-refractivity contribution < 1.29 is 21.2 Å². The van der Waals surface area contributed by atoms with Gasteiger partial charge in [0.25, 0.3) is 0 Å². The number of halogens is 1. The minimum atomic E-state index is -0.336. The maximum absolute atomic E-state index is 8.83. The number of nitrogens with zero attached hydrogens (tertiary/aromatic N) is 1. The van der Waals surface area contributed by atoms with Crippen LogP contribution in [0.15, 0.2) is 63.8 Å². The molecule has 0 spiro atoms. The van der Waals surface area contributed by atoms with E-state index in [4.69, 9.17) is 5.41 Å². The van der Waals surface area contributed by atoms with E-state index in [2.05, 4.69) is 47.9 Å². The van der Waals surface area contributed by atoms with Crippen molar-refractivity contribution in [2.75, 3.05) is 13.1 Å². The predicted molar refractivity (Wildman–Crippen MR) is 121 cm³/mol. The average molecular weight is 513 g/mol. The van der Waals surface area contributed by atoms with Gasteiger partial charge in [-0.3, -0.25) is 0 Å². The molecule has 1 saturated heterocycles. The zero-order valence-corrected chi connectivity index (χ0v) is 20.1. The van der Waals surface area contributed by atoms with E-state index in [1.165, 1.54) is 74.7 Å². The fourth-order valence-corrected chi connectivity index (χ4v) is 8.91. The molecule has 0 aromatic heterocycles. The molecule has 2 atom stereocenters. The molecule has 2 saturated carbocycles. The first-order valence-electron chi connectivity index (χ1n) is 11.8. The van der Waals surface area contributed by atoms with Gasteiger partial charge in [0.1, 0.15) is 0 Å². The topological polar surface area (TPSA) is 27.1 Å². The summed E-state index contributed by atoms with van der Waals surface area (Å²) in [6.45, 7) is 7.59. The molecule has 2 aliphatic heterocycles. The molecule has 2 aliphatic carbocycles. The molecule has 5 rings (SSSR count). The summed E-state index contributed by atoms with van der Waals surface area (Å²) < 4.78 is 2.58. The Morgan fingerprint density at radius 2 is 1.83 bits per heavy atom. The van der Waals surface area contributed by atoms with Crippen molar-refractivity contribution in [2.45, 2.75) is 51.5 Å². The van der Waals surface area contributed by atoms with Crippen LogP contribution >= 0.6 is 0 Å². The molecule has 1 aromatic rings. The van der Waals surface area contributed by atoms with Gasteiger partial charge in [-0.05, 0) is 0 Å². The van der Waals surface area contributed by atoms with Crippen LogP contribution in [0.25, 0.3) is 0 Å². The van der Waals surface area contributed by atoms with Gasteiger partial charge in [-0.1, -0.05) is 0 Å². The Hall–Kier alpha value is -1.20. The summed E-state index contributed by atoms with van der Waals surface area (Å²) >= 11 is -0.336. The van der Waals surface area contributed by atoms with Gasteiger partial charge in [0.2, 0.25) is 0 Å². The van der Waals surface area contributed by atoms with Crippen LogP contribution in [0.2, 0.25) is 0 Å². The molecule has 3 fully saturated rings. The third kappa shape index (κ3) is 4.52. The molecule has 160 valence electrons. The van der Waals surface area contributed by atoms with Crippen LogP contribution in [0.1, 0.15) is 50.5 Å². The van der Waals surface area contributed by atoms with E-state index < -0.39 is 0 Å². The Balaban J connectivity index is 1.37. The van der Waals surface area contributed by atoms with E-state index in [1.54, 1.807) is 3.58 Å². The number of likely N-dealkylation sites (tertiary alicyclic amines) is 1. The zero-order chi connectivity index (χ0) is 20.5. The predicted octanol–water partition coefficient (Wildman–Crippen LogP) is 3.17. The Bertz CT molecular complexity index is 858. The number of hydrogen-bond donors (Lipinski definition) is 1. The SMILES string of the molecule is C=CC1=C(CC2CCCC2)C=C([C@@H]2CN(Cc3ccccc3)C[C@H]2C2CC2)[I-]C1=N. The molecule has 3 heteroatoms. The summed E-state index contributed by atoms with van der Waals surface area (Å²) in [5, 5.41) is 8.83. The summed E-state index contributed by atoms with van der Waals surface area (Å²) in [7, 11) is 0. The van der Waals surface area contributed by atoms with Gasteiger partial charge >= 0.3 is 193 Å². The second-order valence-corrected chi connectivity index (χ2v) is 12.6. The van der Waals surface area contributed by atoms with Crippen LogP contribution in [0.3, 0.4) is 0 Å². The fraction of sp³-hybridized carbons (Fsp3) is 0.519. The molecule has 0 bridgehead atoms. The van der Waals surface area contributed by atoms with Crippen molar-refractivity contribution in [3.8, 4) is 0 Å². The Kier molecular flexibility index (Phi) is 6.29. The van der Waals surface area contributed by atoms with Crippen LogP contribution in [-0.4, -0.2) is 21.7 Å². The van der Waals surface area contributed by atoms with Gasteiger partial charge in [-0.25, -0.2) is 0 Å². The van der Waals surface area contributed by atoms with E-state index in [1.807, 2.05) is 6.08 Å². The number of nitrogens with one attached hydrogen (secondary N) is 1. The summed E-state index contributed by atoms with van der Waals surface area (Å²) in [6, 6.07) is 11.0. The first kappa shape index (κ1) is 20.7. The van der Waals surface area contributed by atoms with E-state index in [0.717, 1.165) is 28.0 Å². The van der Waals surface area contributed by atoms with E-state index >= 15 is 0 Å². The normalized spacial score (nSPS) is 28.5. The second kappa shape index (κ2) is 9.12. The van der Waals surface area contributed by atoms with E-state index in [-0.39, 0.29) is 21.2 Å². The molecule has 4 aliphatic rings. The van der Waals surface area contributed by atoms with Crippen molar-refractivity contribution in [2.24, 2.45) is 23.7 Å². The number of allylic oxidation sites excluding steroid dienone is 4. The molecule has 30 heavy (non-hydrogen) atoms. The van der Waals surface area contributed by atoms with Crippen LogP contribution in [-0.2, 0) is 6.54 Å². The Labute approximate surface area is 192 Å². The quantitative estimate of drug-likeness (QED) is 0.558. The Morgan fingerprint density at radius 3 is 2.53 bits per heavy atom. The van der Waals surface area contributed by atoms with Crippen molar-refractivity contribution in [1.29, 1.82) is 5.41 Å². The van der Waals surface area contributed by atoms with Crippen molar-refractivity contribution in [3.05, 3.63) is 69.4 Å². The van der Waals surface area contributed by atoms with Gasteiger partial charge in [-0.2, -0.15) is 0 Å². The minimum absolute atomic E-state index is 0.336. The molecule has 0 unspecified atom stereocenters. The average Bonchev–Trinajstić information content (AvgIpc) is 3.30. The molecule has 2 nitrogen and oxygen atoms in total. The van der Waals surface area contributed by atoms with Gasteiger partial charge in [0, 0.05) is 0 Å². The standard InChI is InChI=1S/C27H34IN2/c1-2-23-22(14-19-8-6-7-9-19)15-26(28-27(23)29)25-18-30(17-24(25)21-12-13-21)16-20-10-4-3-5-11-20/h2-5,10-11,15,19,21,24-25,29H,1,6-9,12-14,16-18H2/q-1/t24-,25+/m0/s1. The summed E-state index contributed by atoms with van der Waals surface area (Å²) in [5.74, 6) is 3.25. The summed E-state index contributed by atoms with van der Waals surface area (Å²) in [5.41, 5.74) is 4.06. The van der Waals surface area contributed by atoms with Crippen LogP contribution < -0.4 is 21.2 Å². The van der Waals surface area contributed by atoms with Crippen LogP contribution in [0.5, 0.6) is 0 Å². The van der Waals surface area contributed by atoms with Gasteiger partial charge in [0.15, 0.2) is 0 Å². The summed E-state index contributed by atoms with van der Waals surface area (Å²) in [6.07, 6.45) is 14.1. The van der Waals surface area contributed by atoms with Gasteiger partial charge in [0.05, 0.1) is 0 Å². The molecule has 2 heterocycles. The van der Waals surface area contributed by atoms with Crippen LogP contribution in [0, 0.1) is 29.1 Å². The molecule has 1 N–H and O–H groups in total. The fourth-order valence-electron chi connectivity index (χ4n) is 5.84. The second-order valence-electron chi connectivity index (χ2n) is 9.72. The van der Waals surface area contributed by atoms with Crippen molar-refractivity contribution in [3.63, 3.8) is 0 Å². The third-order valence-electron chi connectivity index (χ3n) is 7.56. The summed E-state index contributed by atoms with van der Waals surface area (Å²) in [4.78, 5) is 2.70. The first-order valence-corrected chi connectivity index (χ1v) is 13.9. The Morgan fingerprint density at radius 1 is 1.07 bits per heavy atom. The first-order chi connectivity index (χ1) is 14.7. The number of rotatable bonds is 7. The van der Waals surface area contributed by atoms with Crippen molar-refractivity contribution in [1.82, 2.24) is 4.90 Å². The molecule has 0 amide bonds. The van der Waals surface area contributed by atoms with E-state index in [0.29, 0.717) is 5.92 Å². The van der Waals surface area contributed by atoms with Gasteiger partial charge < -0.3 is 0 Å². The van der Waals surface area contributed by atoms with Crippen LogP contribution in [0.4, 0.5) is 0 Å². The number of benzene rings is 1. The maximum atomic E-state index is 8.83. The third-order valence-corrected chi connectivity index (χ3v) is 10.4. The zero-order valence-electron chi connectivity index (χ0n) is 18.0. The molecular weight excluding hydrogens is 479 g/mol. The van der Waals surface area contributed by atoms with Gasteiger partial charge in [-0.15, -0.1) is 0 Å². The van der Waals surface area contributed by atoms with E-state index in [9.17, 15) is 0 Å². The molecule has 1 aromatic carbocycles. The number of hydrogen-bond acceptors (Lipinski definition) is 2.